The van der Waals surface area contributed by atoms with Crippen LogP contribution in [0.25, 0.3) is 0 Å². The summed E-state index contributed by atoms with van der Waals surface area (Å²) in [6.45, 7) is 5.94. The average Bonchev–Trinajstić information content (AvgIpc) is 2.35. The summed E-state index contributed by atoms with van der Waals surface area (Å²) in [6.07, 6.45) is 6.89. The number of piperidine rings is 3. The first-order valence-corrected chi connectivity index (χ1v) is 7.09. The van der Waals surface area contributed by atoms with Crippen molar-refractivity contribution in [2.45, 2.75) is 25.9 Å². The molecule has 18 heavy (non-hydrogen) atoms. The summed E-state index contributed by atoms with van der Waals surface area (Å²) in [7, 11) is 0. The largest absolute Gasteiger partial charge is 0.488 e. The first kappa shape index (κ1) is 10.8. The van der Waals surface area contributed by atoms with Crippen LogP contribution in [0.5, 0.6) is 5.75 Å². The van der Waals surface area contributed by atoms with Crippen LogP contribution < -0.4 is 4.74 Å². The van der Waals surface area contributed by atoms with Gasteiger partial charge in [0.15, 0.2) is 0 Å². The van der Waals surface area contributed by atoms with Crippen molar-refractivity contribution in [3.8, 4) is 5.75 Å². The van der Waals surface area contributed by atoms with Crippen LogP contribution in [0.2, 0.25) is 0 Å². The van der Waals surface area contributed by atoms with Crippen molar-refractivity contribution in [3.63, 3.8) is 0 Å². The molecule has 96 valence electrons. The number of hydrogen-bond acceptors (Lipinski definition) is 3. The fraction of sp³-hybridized carbons (Fsp3) is 0.667. The zero-order valence-corrected chi connectivity index (χ0v) is 10.9. The zero-order valence-electron chi connectivity index (χ0n) is 10.9. The summed E-state index contributed by atoms with van der Waals surface area (Å²) in [5.74, 6) is 3.43. The van der Waals surface area contributed by atoms with Crippen LogP contribution in [0, 0.1) is 24.7 Å². The maximum absolute atomic E-state index is 6.33. The average molecular weight is 244 g/mol. The normalized spacial score (nSPS) is 41.1. The second-order valence-corrected chi connectivity index (χ2v) is 6.30. The number of pyridine rings is 1. The molecule has 0 spiro atoms. The molecule has 1 aromatic heterocycles. The van der Waals surface area contributed by atoms with Gasteiger partial charge in [0.1, 0.15) is 11.9 Å². The molecule has 1 saturated carbocycles. The predicted octanol–water partition coefficient (Wildman–Crippen LogP) is 2.11. The molecular formula is C15H20N2O. The van der Waals surface area contributed by atoms with Gasteiger partial charge in [-0.15, -0.1) is 0 Å². The van der Waals surface area contributed by atoms with E-state index in [-0.39, 0.29) is 0 Å². The standard InChI is InChI=1S/C15H20N2O/c1-10-2-3-16-6-14(10)18-15-12-4-11-5-13(15)9-17(7-11)8-12/h2-3,6,11-13,15H,4-5,7-9H2,1H3. The molecule has 4 heterocycles. The zero-order chi connectivity index (χ0) is 12.1. The quantitative estimate of drug-likeness (QED) is 0.796. The molecule has 3 aliphatic heterocycles. The highest BCUT2D eigenvalue weighted by molar-refractivity contribution is 5.28. The summed E-state index contributed by atoms with van der Waals surface area (Å²) in [5, 5.41) is 0. The topological polar surface area (TPSA) is 25.4 Å². The van der Waals surface area contributed by atoms with Crippen LogP contribution in [0.3, 0.4) is 0 Å². The second kappa shape index (κ2) is 3.95. The van der Waals surface area contributed by atoms with Crippen LogP contribution in [0.4, 0.5) is 0 Å². The lowest BCUT2D eigenvalue weighted by Crippen LogP contribution is -2.61. The molecule has 1 aliphatic carbocycles. The van der Waals surface area contributed by atoms with E-state index < -0.39 is 0 Å². The maximum Gasteiger partial charge on any atom is 0.140 e. The number of nitrogens with zero attached hydrogens (tertiary/aromatic N) is 2. The Morgan fingerprint density at radius 1 is 1.22 bits per heavy atom. The Morgan fingerprint density at radius 3 is 2.67 bits per heavy atom. The Balaban J connectivity index is 1.57. The van der Waals surface area contributed by atoms with E-state index in [1.165, 1.54) is 38.0 Å². The molecule has 0 N–H and O–H groups in total. The van der Waals surface area contributed by atoms with E-state index in [9.17, 15) is 0 Å². The minimum atomic E-state index is 0.431. The summed E-state index contributed by atoms with van der Waals surface area (Å²) in [5.41, 5.74) is 1.21. The fourth-order valence-electron chi connectivity index (χ4n) is 4.28. The molecule has 2 atom stereocenters. The van der Waals surface area contributed by atoms with E-state index in [1.54, 1.807) is 0 Å². The Labute approximate surface area is 108 Å². The SMILES string of the molecule is Cc1ccncc1OC1C2CC3CC1CN(C3)C2. The van der Waals surface area contributed by atoms with Gasteiger partial charge in [0, 0.05) is 37.7 Å². The minimum absolute atomic E-state index is 0.431. The first-order chi connectivity index (χ1) is 8.79. The molecule has 1 aromatic rings. The van der Waals surface area contributed by atoms with Crippen molar-refractivity contribution >= 4 is 0 Å². The van der Waals surface area contributed by atoms with Crippen molar-refractivity contribution in [3.05, 3.63) is 24.0 Å². The van der Waals surface area contributed by atoms with E-state index in [1.807, 2.05) is 18.5 Å². The Morgan fingerprint density at radius 2 is 2.00 bits per heavy atom. The van der Waals surface area contributed by atoms with Gasteiger partial charge in [-0.2, -0.15) is 0 Å². The lowest BCUT2D eigenvalue weighted by atomic mass is 9.66. The highest BCUT2D eigenvalue weighted by Gasteiger charge is 2.48. The Hall–Kier alpha value is -1.09. The Bertz CT molecular complexity index is 432. The molecule has 0 amide bonds. The van der Waals surface area contributed by atoms with Gasteiger partial charge in [-0.05, 0) is 37.3 Å². The third kappa shape index (κ3) is 1.64. The van der Waals surface area contributed by atoms with Gasteiger partial charge in [0.05, 0.1) is 6.20 Å². The Kier molecular flexibility index (Phi) is 2.37. The second-order valence-electron chi connectivity index (χ2n) is 6.30. The third-order valence-electron chi connectivity index (χ3n) is 4.96. The highest BCUT2D eigenvalue weighted by Crippen LogP contribution is 2.45. The van der Waals surface area contributed by atoms with Crippen LogP contribution >= 0.6 is 0 Å². The van der Waals surface area contributed by atoms with E-state index in [2.05, 4.69) is 16.8 Å². The molecule has 4 bridgehead atoms. The summed E-state index contributed by atoms with van der Waals surface area (Å²) in [4.78, 5) is 6.84. The highest BCUT2D eigenvalue weighted by atomic mass is 16.5. The number of aromatic nitrogens is 1. The monoisotopic (exact) mass is 244 g/mol. The van der Waals surface area contributed by atoms with Crippen LogP contribution in [0.15, 0.2) is 18.5 Å². The molecule has 0 radical (unpaired) electrons. The number of rotatable bonds is 2. The van der Waals surface area contributed by atoms with Crippen LogP contribution in [-0.2, 0) is 0 Å². The fourth-order valence-corrected chi connectivity index (χ4v) is 4.28. The van der Waals surface area contributed by atoms with Crippen molar-refractivity contribution in [2.24, 2.45) is 17.8 Å². The molecule has 2 unspecified atom stereocenters. The smallest absolute Gasteiger partial charge is 0.140 e. The van der Waals surface area contributed by atoms with Crippen molar-refractivity contribution in [1.82, 2.24) is 9.88 Å². The summed E-state index contributed by atoms with van der Waals surface area (Å²) < 4.78 is 6.33. The van der Waals surface area contributed by atoms with Gasteiger partial charge < -0.3 is 9.64 Å². The molecule has 5 rings (SSSR count). The molecule has 4 fully saturated rings. The predicted molar refractivity (Wildman–Crippen MR) is 69.5 cm³/mol. The van der Waals surface area contributed by atoms with Crippen molar-refractivity contribution < 1.29 is 4.74 Å². The maximum atomic E-state index is 6.33. The van der Waals surface area contributed by atoms with Crippen molar-refractivity contribution in [2.75, 3.05) is 19.6 Å². The van der Waals surface area contributed by atoms with Crippen LogP contribution in [-0.4, -0.2) is 35.6 Å². The number of hydrogen-bond donors (Lipinski definition) is 0. The van der Waals surface area contributed by atoms with Gasteiger partial charge in [-0.25, -0.2) is 0 Å². The molecule has 4 aliphatic rings. The van der Waals surface area contributed by atoms with Gasteiger partial charge in [0.2, 0.25) is 0 Å². The van der Waals surface area contributed by atoms with Gasteiger partial charge in [0.25, 0.3) is 0 Å². The molecule has 0 aromatic carbocycles. The summed E-state index contributed by atoms with van der Waals surface area (Å²) >= 11 is 0. The van der Waals surface area contributed by atoms with Crippen LogP contribution in [0.1, 0.15) is 18.4 Å². The first-order valence-electron chi connectivity index (χ1n) is 7.09. The minimum Gasteiger partial charge on any atom is -0.488 e. The van der Waals surface area contributed by atoms with Gasteiger partial charge in [-0.3, -0.25) is 4.98 Å². The van der Waals surface area contributed by atoms with Gasteiger partial charge >= 0.3 is 0 Å². The number of ether oxygens (including phenoxy) is 1. The van der Waals surface area contributed by atoms with E-state index in [0.29, 0.717) is 6.10 Å². The van der Waals surface area contributed by atoms with E-state index in [4.69, 9.17) is 4.74 Å². The lowest BCUT2D eigenvalue weighted by Gasteiger charge is -2.55. The van der Waals surface area contributed by atoms with Gasteiger partial charge in [-0.1, -0.05) is 0 Å². The molecule has 3 heteroatoms. The molecule has 3 nitrogen and oxygen atoms in total. The third-order valence-corrected chi connectivity index (χ3v) is 4.96. The molecule has 3 saturated heterocycles. The summed E-state index contributed by atoms with van der Waals surface area (Å²) in [6, 6.07) is 2.04. The lowest BCUT2D eigenvalue weighted by molar-refractivity contribution is -0.0987. The number of aryl methyl sites for hydroxylation is 1. The van der Waals surface area contributed by atoms with E-state index in [0.717, 1.165) is 23.5 Å². The molecular weight excluding hydrogens is 224 g/mol. The van der Waals surface area contributed by atoms with E-state index >= 15 is 0 Å². The van der Waals surface area contributed by atoms with Crippen molar-refractivity contribution in [1.29, 1.82) is 0 Å².